The van der Waals surface area contributed by atoms with Gasteiger partial charge in [-0.1, -0.05) is 11.6 Å². The van der Waals surface area contributed by atoms with E-state index in [9.17, 15) is 0 Å². The Morgan fingerprint density at radius 2 is 2.11 bits per heavy atom. The molecular weight excluding hydrogens is 260 g/mol. The second-order valence-electron chi connectivity index (χ2n) is 4.93. The van der Waals surface area contributed by atoms with Crippen molar-refractivity contribution >= 4 is 22.6 Å². The molecule has 0 unspecified atom stereocenters. The Labute approximate surface area is 118 Å². The molecule has 2 heterocycles. The molecule has 0 spiro atoms. The summed E-state index contributed by atoms with van der Waals surface area (Å²) in [6, 6.07) is 5.95. The number of aryl methyl sites for hydroxylation is 1. The largest absolute Gasteiger partial charge is 0.327 e. The van der Waals surface area contributed by atoms with Crippen molar-refractivity contribution in [2.45, 2.75) is 20.0 Å². The van der Waals surface area contributed by atoms with Gasteiger partial charge in [0.25, 0.3) is 0 Å². The van der Waals surface area contributed by atoms with Crippen LogP contribution >= 0.6 is 11.6 Å². The van der Waals surface area contributed by atoms with Gasteiger partial charge in [-0.25, -0.2) is 4.98 Å². The fourth-order valence-corrected chi connectivity index (χ4v) is 2.86. The van der Waals surface area contributed by atoms with Crippen molar-refractivity contribution in [1.29, 1.82) is 0 Å². The van der Waals surface area contributed by atoms with Gasteiger partial charge in [0.15, 0.2) is 0 Å². The fourth-order valence-electron chi connectivity index (χ4n) is 2.70. The average molecular weight is 279 g/mol. The van der Waals surface area contributed by atoms with Crippen LogP contribution in [0, 0.1) is 0 Å². The van der Waals surface area contributed by atoms with E-state index in [2.05, 4.69) is 27.8 Å². The maximum Gasteiger partial charge on any atom is 0.124 e. The molecule has 102 valence electrons. The summed E-state index contributed by atoms with van der Waals surface area (Å²) >= 11 is 6.05. The van der Waals surface area contributed by atoms with Crippen LogP contribution in [0.15, 0.2) is 18.2 Å². The number of hydrogen-bond donors (Lipinski definition) is 1. The summed E-state index contributed by atoms with van der Waals surface area (Å²) in [5.74, 6) is 1.14. The van der Waals surface area contributed by atoms with Crippen LogP contribution < -0.4 is 5.32 Å². The molecular formula is C14H19ClN4. The van der Waals surface area contributed by atoms with Crippen molar-refractivity contribution in [2.24, 2.45) is 0 Å². The van der Waals surface area contributed by atoms with Gasteiger partial charge in [0, 0.05) is 37.7 Å². The Balaban J connectivity index is 1.93. The molecule has 1 fully saturated rings. The Morgan fingerprint density at radius 1 is 1.32 bits per heavy atom. The first-order valence-corrected chi connectivity index (χ1v) is 7.23. The van der Waals surface area contributed by atoms with Crippen LogP contribution in [0.4, 0.5) is 0 Å². The van der Waals surface area contributed by atoms with Crippen LogP contribution in [0.1, 0.15) is 12.7 Å². The minimum absolute atomic E-state index is 0.752. The van der Waals surface area contributed by atoms with Crippen molar-refractivity contribution < 1.29 is 0 Å². The molecule has 1 aromatic carbocycles. The summed E-state index contributed by atoms with van der Waals surface area (Å²) in [6.07, 6.45) is 0. The highest BCUT2D eigenvalue weighted by atomic mass is 35.5. The Bertz CT molecular complexity index is 572. The van der Waals surface area contributed by atoms with E-state index in [1.54, 1.807) is 0 Å². The van der Waals surface area contributed by atoms with Gasteiger partial charge in [0.1, 0.15) is 5.82 Å². The molecule has 4 nitrogen and oxygen atoms in total. The smallest absolute Gasteiger partial charge is 0.124 e. The molecule has 0 amide bonds. The SMILES string of the molecule is CCn1c(CN2CCNCC2)nc2cc(Cl)ccc21. The molecule has 5 heteroatoms. The molecule has 1 aliphatic heterocycles. The van der Waals surface area contributed by atoms with Gasteiger partial charge in [-0.3, -0.25) is 4.90 Å². The number of rotatable bonds is 3. The Kier molecular flexibility index (Phi) is 3.73. The zero-order chi connectivity index (χ0) is 13.2. The maximum absolute atomic E-state index is 6.05. The minimum atomic E-state index is 0.752. The highest BCUT2D eigenvalue weighted by molar-refractivity contribution is 6.31. The number of nitrogens with zero attached hydrogens (tertiary/aromatic N) is 3. The van der Waals surface area contributed by atoms with Gasteiger partial charge >= 0.3 is 0 Å². The second-order valence-corrected chi connectivity index (χ2v) is 5.37. The van der Waals surface area contributed by atoms with Crippen molar-refractivity contribution in [1.82, 2.24) is 19.8 Å². The average Bonchev–Trinajstić information content (AvgIpc) is 2.76. The third-order valence-electron chi connectivity index (χ3n) is 3.68. The van der Waals surface area contributed by atoms with E-state index in [-0.39, 0.29) is 0 Å². The minimum Gasteiger partial charge on any atom is -0.327 e. The third-order valence-corrected chi connectivity index (χ3v) is 3.92. The number of fused-ring (bicyclic) bond motifs is 1. The van der Waals surface area contributed by atoms with Crippen molar-refractivity contribution in [3.63, 3.8) is 0 Å². The van der Waals surface area contributed by atoms with Crippen LogP contribution in [0.2, 0.25) is 5.02 Å². The summed E-state index contributed by atoms with van der Waals surface area (Å²) in [5.41, 5.74) is 2.18. The molecule has 0 bridgehead atoms. The van der Waals surface area contributed by atoms with E-state index in [0.717, 1.165) is 55.6 Å². The summed E-state index contributed by atoms with van der Waals surface area (Å²) in [5, 5.41) is 4.13. The van der Waals surface area contributed by atoms with Crippen molar-refractivity contribution in [3.8, 4) is 0 Å². The van der Waals surface area contributed by atoms with Crippen LogP contribution in [0.3, 0.4) is 0 Å². The first-order chi connectivity index (χ1) is 9.28. The lowest BCUT2D eigenvalue weighted by Gasteiger charge is -2.26. The third kappa shape index (κ3) is 2.61. The van der Waals surface area contributed by atoms with E-state index in [4.69, 9.17) is 16.6 Å². The first-order valence-electron chi connectivity index (χ1n) is 6.85. The highest BCUT2D eigenvalue weighted by Gasteiger charge is 2.15. The fraction of sp³-hybridized carbons (Fsp3) is 0.500. The number of nitrogens with one attached hydrogen (secondary N) is 1. The number of piperazine rings is 1. The van der Waals surface area contributed by atoms with Gasteiger partial charge in [-0.2, -0.15) is 0 Å². The molecule has 1 N–H and O–H groups in total. The molecule has 0 radical (unpaired) electrons. The lowest BCUT2D eigenvalue weighted by molar-refractivity contribution is 0.225. The predicted molar refractivity (Wildman–Crippen MR) is 78.6 cm³/mol. The van der Waals surface area contributed by atoms with Crippen LogP contribution in [-0.2, 0) is 13.1 Å². The molecule has 1 aromatic heterocycles. The van der Waals surface area contributed by atoms with Crippen LogP contribution in [0.25, 0.3) is 11.0 Å². The van der Waals surface area contributed by atoms with Gasteiger partial charge in [0.2, 0.25) is 0 Å². The second kappa shape index (κ2) is 5.49. The molecule has 19 heavy (non-hydrogen) atoms. The first kappa shape index (κ1) is 12.9. The predicted octanol–water partition coefficient (Wildman–Crippen LogP) is 2.11. The Morgan fingerprint density at radius 3 is 2.84 bits per heavy atom. The van der Waals surface area contributed by atoms with E-state index in [1.807, 2.05) is 12.1 Å². The standard InChI is InChI=1S/C14H19ClN4/c1-2-19-13-4-3-11(15)9-12(13)17-14(19)10-18-7-5-16-6-8-18/h3-4,9,16H,2,5-8,10H2,1H3. The van der Waals surface area contributed by atoms with Crippen LogP contribution in [0.5, 0.6) is 0 Å². The number of halogens is 1. The Hall–Kier alpha value is -1.10. The zero-order valence-corrected chi connectivity index (χ0v) is 12.0. The van der Waals surface area contributed by atoms with E-state index in [0.29, 0.717) is 0 Å². The molecule has 1 aliphatic rings. The lowest BCUT2D eigenvalue weighted by atomic mass is 10.3. The summed E-state index contributed by atoms with van der Waals surface area (Å²) in [4.78, 5) is 7.20. The summed E-state index contributed by atoms with van der Waals surface area (Å²) < 4.78 is 2.29. The summed E-state index contributed by atoms with van der Waals surface area (Å²) in [6.45, 7) is 8.34. The molecule has 0 atom stereocenters. The van der Waals surface area contributed by atoms with Crippen LogP contribution in [-0.4, -0.2) is 40.6 Å². The monoisotopic (exact) mass is 278 g/mol. The quantitative estimate of drug-likeness (QED) is 0.934. The van der Waals surface area contributed by atoms with Gasteiger partial charge in [-0.15, -0.1) is 0 Å². The maximum atomic E-state index is 6.05. The number of imidazole rings is 1. The van der Waals surface area contributed by atoms with Gasteiger partial charge in [-0.05, 0) is 25.1 Å². The number of hydrogen-bond acceptors (Lipinski definition) is 3. The molecule has 0 aliphatic carbocycles. The van der Waals surface area contributed by atoms with E-state index in [1.165, 1.54) is 5.52 Å². The molecule has 3 rings (SSSR count). The molecule has 1 saturated heterocycles. The van der Waals surface area contributed by atoms with E-state index < -0.39 is 0 Å². The van der Waals surface area contributed by atoms with Crippen molar-refractivity contribution in [2.75, 3.05) is 26.2 Å². The number of aromatic nitrogens is 2. The van der Waals surface area contributed by atoms with Gasteiger partial charge < -0.3 is 9.88 Å². The summed E-state index contributed by atoms with van der Waals surface area (Å²) in [7, 11) is 0. The highest BCUT2D eigenvalue weighted by Crippen LogP contribution is 2.21. The topological polar surface area (TPSA) is 33.1 Å². The molecule has 0 saturated carbocycles. The van der Waals surface area contributed by atoms with Crippen molar-refractivity contribution in [3.05, 3.63) is 29.0 Å². The number of benzene rings is 1. The van der Waals surface area contributed by atoms with Gasteiger partial charge in [0.05, 0.1) is 17.6 Å². The zero-order valence-electron chi connectivity index (χ0n) is 11.2. The molecule has 2 aromatic rings. The normalized spacial score (nSPS) is 17.2. The van der Waals surface area contributed by atoms with E-state index >= 15 is 0 Å². The lowest BCUT2D eigenvalue weighted by Crippen LogP contribution is -2.43.